The van der Waals surface area contributed by atoms with Gasteiger partial charge in [-0.15, -0.1) is 0 Å². The van der Waals surface area contributed by atoms with Crippen LogP contribution in [0, 0.1) is 13.8 Å². The fraction of sp³-hybridized carbons (Fsp3) is 0.444. The first-order chi connectivity index (χ1) is 11.1. The maximum absolute atomic E-state index is 11.9. The number of nitrogens with zero attached hydrogens (tertiary/aromatic N) is 2. The van der Waals surface area contributed by atoms with Crippen LogP contribution in [0.3, 0.4) is 0 Å². The van der Waals surface area contributed by atoms with E-state index in [4.69, 9.17) is 0 Å². The van der Waals surface area contributed by atoms with E-state index in [0.717, 1.165) is 36.7 Å². The lowest BCUT2D eigenvalue weighted by Crippen LogP contribution is -2.26. The summed E-state index contributed by atoms with van der Waals surface area (Å²) in [6, 6.07) is 6.36. The first-order valence-electron chi connectivity index (χ1n) is 8.12. The highest BCUT2D eigenvalue weighted by molar-refractivity contribution is 7.99. The summed E-state index contributed by atoms with van der Waals surface area (Å²) in [6.07, 6.45) is 7.10. The Kier molecular flexibility index (Phi) is 6.71. The number of amides is 1. The largest absolute Gasteiger partial charge is 0.355 e. The van der Waals surface area contributed by atoms with Gasteiger partial charge in [-0.05, 0) is 37.5 Å². The van der Waals surface area contributed by atoms with Gasteiger partial charge in [-0.2, -0.15) is 0 Å². The Labute approximate surface area is 142 Å². The van der Waals surface area contributed by atoms with Crippen molar-refractivity contribution >= 4 is 17.7 Å². The summed E-state index contributed by atoms with van der Waals surface area (Å²) in [5.41, 5.74) is 3.52. The van der Waals surface area contributed by atoms with Gasteiger partial charge in [0.2, 0.25) is 5.91 Å². The minimum atomic E-state index is 0.0709. The third kappa shape index (κ3) is 5.13. The zero-order valence-corrected chi connectivity index (χ0v) is 14.9. The van der Waals surface area contributed by atoms with Crippen LogP contribution in [-0.4, -0.2) is 27.8 Å². The highest BCUT2D eigenvalue weighted by Crippen LogP contribution is 2.23. The predicted molar refractivity (Wildman–Crippen MR) is 96.3 cm³/mol. The number of hydrogen-bond acceptors (Lipinski definition) is 3. The molecule has 124 valence electrons. The van der Waals surface area contributed by atoms with Crippen LogP contribution in [0.1, 0.15) is 37.3 Å². The van der Waals surface area contributed by atoms with Gasteiger partial charge >= 0.3 is 0 Å². The molecule has 1 aromatic heterocycles. The minimum absolute atomic E-state index is 0.0709. The van der Waals surface area contributed by atoms with Crippen molar-refractivity contribution < 1.29 is 4.79 Å². The average Bonchev–Trinajstić information content (AvgIpc) is 3.00. The van der Waals surface area contributed by atoms with Gasteiger partial charge in [-0.1, -0.05) is 43.7 Å². The molecule has 2 rings (SSSR count). The van der Waals surface area contributed by atoms with Crippen molar-refractivity contribution in [2.75, 3.05) is 12.3 Å². The molecule has 0 saturated carbocycles. The number of aromatic nitrogens is 2. The Morgan fingerprint density at radius 3 is 2.91 bits per heavy atom. The number of imidazole rings is 1. The molecule has 5 heteroatoms. The van der Waals surface area contributed by atoms with E-state index < -0.39 is 0 Å². The summed E-state index contributed by atoms with van der Waals surface area (Å²) >= 11 is 1.47. The fourth-order valence-corrected chi connectivity index (χ4v) is 3.14. The van der Waals surface area contributed by atoms with Crippen molar-refractivity contribution in [3.05, 3.63) is 41.7 Å². The van der Waals surface area contributed by atoms with Crippen LogP contribution in [0.5, 0.6) is 0 Å². The smallest absolute Gasteiger partial charge is 0.230 e. The van der Waals surface area contributed by atoms with E-state index in [1.165, 1.54) is 22.9 Å². The van der Waals surface area contributed by atoms with Crippen molar-refractivity contribution in [3.63, 3.8) is 0 Å². The van der Waals surface area contributed by atoms with Crippen LogP contribution in [0.2, 0.25) is 0 Å². The van der Waals surface area contributed by atoms with Crippen molar-refractivity contribution in [3.8, 4) is 5.69 Å². The first kappa shape index (κ1) is 17.6. The number of aryl methyl sites for hydroxylation is 2. The van der Waals surface area contributed by atoms with Gasteiger partial charge in [-0.25, -0.2) is 4.98 Å². The summed E-state index contributed by atoms with van der Waals surface area (Å²) in [5, 5.41) is 3.81. The number of unbranched alkanes of at least 4 members (excludes halogenated alkanes) is 2. The summed E-state index contributed by atoms with van der Waals surface area (Å²) < 4.78 is 2.05. The summed E-state index contributed by atoms with van der Waals surface area (Å²) in [5.74, 6) is 0.468. The molecule has 1 aromatic carbocycles. The lowest BCUT2D eigenvalue weighted by Gasteiger charge is -2.11. The molecule has 0 spiro atoms. The van der Waals surface area contributed by atoms with Crippen LogP contribution in [0.4, 0.5) is 0 Å². The quantitative estimate of drug-likeness (QED) is 0.590. The Balaban J connectivity index is 1.96. The van der Waals surface area contributed by atoms with E-state index in [2.05, 4.69) is 53.8 Å². The predicted octanol–water partition coefficient (Wildman–Crippen LogP) is 3.89. The molecule has 0 atom stereocenters. The molecule has 0 radical (unpaired) electrons. The number of rotatable bonds is 8. The van der Waals surface area contributed by atoms with Crippen molar-refractivity contribution in [1.82, 2.24) is 14.9 Å². The van der Waals surface area contributed by atoms with Gasteiger partial charge in [-0.3, -0.25) is 9.36 Å². The van der Waals surface area contributed by atoms with Crippen LogP contribution < -0.4 is 5.32 Å². The molecule has 1 N–H and O–H groups in total. The molecule has 0 unspecified atom stereocenters. The van der Waals surface area contributed by atoms with E-state index in [9.17, 15) is 4.79 Å². The second-order valence-electron chi connectivity index (χ2n) is 5.72. The van der Waals surface area contributed by atoms with Crippen molar-refractivity contribution in [1.29, 1.82) is 0 Å². The number of thioether (sulfide) groups is 1. The first-order valence-corrected chi connectivity index (χ1v) is 9.11. The molecule has 0 bridgehead atoms. The van der Waals surface area contributed by atoms with Gasteiger partial charge in [0.05, 0.1) is 11.4 Å². The monoisotopic (exact) mass is 331 g/mol. The molecule has 0 aliphatic carbocycles. The standard InChI is InChI=1S/C18H25N3OS/c1-4-5-6-9-19-17(22)13-23-18-20-10-11-21(18)16-12-14(2)7-8-15(16)3/h7-8,10-12H,4-6,9,13H2,1-3H3,(H,19,22). The maximum atomic E-state index is 11.9. The molecule has 23 heavy (non-hydrogen) atoms. The Bertz CT molecular complexity index is 651. The second kappa shape index (κ2) is 8.77. The Morgan fingerprint density at radius 1 is 1.30 bits per heavy atom. The van der Waals surface area contributed by atoms with E-state index in [-0.39, 0.29) is 5.91 Å². The van der Waals surface area contributed by atoms with Gasteiger partial charge in [0.25, 0.3) is 0 Å². The second-order valence-corrected chi connectivity index (χ2v) is 6.66. The van der Waals surface area contributed by atoms with E-state index in [0.29, 0.717) is 5.75 Å². The molecular weight excluding hydrogens is 306 g/mol. The van der Waals surface area contributed by atoms with Gasteiger partial charge in [0.1, 0.15) is 0 Å². The lowest BCUT2D eigenvalue weighted by atomic mass is 10.1. The number of carbonyl (C=O) groups is 1. The van der Waals surface area contributed by atoms with Gasteiger partial charge in [0.15, 0.2) is 5.16 Å². The van der Waals surface area contributed by atoms with Gasteiger partial charge < -0.3 is 5.32 Å². The minimum Gasteiger partial charge on any atom is -0.355 e. The third-order valence-electron chi connectivity index (χ3n) is 3.67. The Morgan fingerprint density at radius 2 is 2.13 bits per heavy atom. The maximum Gasteiger partial charge on any atom is 0.230 e. The van der Waals surface area contributed by atoms with Crippen LogP contribution in [-0.2, 0) is 4.79 Å². The third-order valence-corrected chi connectivity index (χ3v) is 4.63. The molecule has 0 fully saturated rings. The van der Waals surface area contributed by atoms with Crippen LogP contribution in [0.15, 0.2) is 35.7 Å². The Hall–Kier alpha value is -1.75. The van der Waals surface area contributed by atoms with Crippen LogP contribution >= 0.6 is 11.8 Å². The topological polar surface area (TPSA) is 46.9 Å². The van der Waals surface area contributed by atoms with E-state index in [1.54, 1.807) is 6.20 Å². The van der Waals surface area contributed by atoms with Crippen molar-refractivity contribution in [2.24, 2.45) is 0 Å². The molecule has 1 amide bonds. The number of hydrogen-bond donors (Lipinski definition) is 1. The number of nitrogens with one attached hydrogen (secondary N) is 1. The normalized spacial score (nSPS) is 10.7. The molecule has 2 aromatic rings. The fourth-order valence-electron chi connectivity index (χ4n) is 2.34. The SMILES string of the molecule is CCCCCNC(=O)CSc1nccn1-c1cc(C)ccc1C. The lowest BCUT2D eigenvalue weighted by molar-refractivity contribution is -0.118. The zero-order valence-electron chi connectivity index (χ0n) is 14.1. The molecular formula is C18H25N3OS. The van der Waals surface area contributed by atoms with Crippen molar-refractivity contribution in [2.45, 2.75) is 45.2 Å². The number of benzene rings is 1. The van der Waals surface area contributed by atoms with Crippen LogP contribution in [0.25, 0.3) is 5.69 Å². The number of carbonyl (C=O) groups excluding carboxylic acids is 1. The van der Waals surface area contributed by atoms with E-state index >= 15 is 0 Å². The summed E-state index contributed by atoms with van der Waals surface area (Å²) in [7, 11) is 0. The average molecular weight is 331 g/mol. The summed E-state index contributed by atoms with van der Waals surface area (Å²) in [4.78, 5) is 16.3. The molecule has 0 aliphatic heterocycles. The molecule has 4 nitrogen and oxygen atoms in total. The van der Waals surface area contributed by atoms with E-state index in [1.807, 2.05) is 6.20 Å². The molecule has 1 heterocycles. The van der Waals surface area contributed by atoms with Gasteiger partial charge in [0, 0.05) is 18.9 Å². The zero-order chi connectivity index (χ0) is 16.7. The highest BCUT2D eigenvalue weighted by atomic mass is 32.2. The molecule has 0 saturated heterocycles. The highest BCUT2D eigenvalue weighted by Gasteiger charge is 2.10. The molecule has 0 aliphatic rings. The summed E-state index contributed by atoms with van der Waals surface area (Å²) in [6.45, 7) is 7.09.